The summed E-state index contributed by atoms with van der Waals surface area (Å²) in [6, 6.07) is 17.4. The number of para-hydroxylation sites is 1. The summed E-state index contributed by atoms with van der Waals surface area (Å²) in [5.41, 5.74) is 0. The molecular formula is C16H22O3Si2. The molecule has 0 aromatic heterocycles. The fourth-order valence-corrected chi connectivity index (χ4v) is 7.53. The van der Waals surface area contributed by atoms with Crippen molar-refractivity contribution in [2.24, 2.45) is 0 Å². The largest absolute Gasteiger partial charge is 0.521 e. The van der Waals surface area contributed by atoms with Gasteiger partial charge in [0.1, 0.15) is 17.2 Å². The van der Waals surface area contributed by atoms with Crippen LogP contribution in [-0.2, 0) is 4.12 Å². The van der Waals surface area contributed by atoms with E-state index in [0.717, 1.165) is 17.2 Å². The molecule has 0 fully saturated rings. The standard InChI is InChI=1S/C16H22O3Si2/c1-20(2)19-21(3,4)18-16-12-8-11-15(13-16)17-14-9-6-5-7-10-14/h5-13,20H,1-4H3. The van der Waals surface area contributed by atoms with Gasteiger partial charge < -0.3 is 13.3 Å². The Morgan fingerprint density at radius 3 is 2.10 bits per heavy atom. The van der Waals surface area contributed by atoms with Gasteiger partial charge in [0.15, 0.2) is 9.04 Å². The van der Waals surface area contributed by atoms with Crippen molar-refractivity contribution in [2.75, 3.05) is 0 Å². The van der Waals surface area contributed by atoms with Crippen molar-refractivity contribution in [3.05, 3.63) is 54.6 Å². The van der Waals surface area contributed by atoms with Crippen LogP contribution in [0, 0.1) is 0 Å². The third-order valence-electron chi connectivity index (χ3n) is 2.67. The van der Waals surface area contributed by atoms with Crippen LogP contribution >= 0.6 is 0 Å². The van der Waals surface area contributed by atoms with E-state index >= 15 is 0 Å². The first-order valence-corrected chi connectivity index (χ1v) is 12.7. The maximum absolute atomic E-state index is 6.06. The molecule has 2 aromatic rings. The molecule has 0 radical (unpaired) electrons. The predicted molar refractivity (Wildman–Crippen MR) is 91.0 cm³/mol. The Bertz CT molecular complexity index is 571. The molecule has 0 bridgehead atoms. The number of hydrogen-bond acceptors (Lipinski definition) is 3. The van der Waals surface area contributed by atoms with Crippen LogP contribution in [0.1, 0.15) is 0 Å². The molecule has 0 unspecified atom stereocenters. The highest BCUT2D eigenvalue weighted by atomic mass is 28.4. The lowest BCUT2D eigenvalue weighted by Crippen LogP contribution is -2.41. The normalized spacial score (nSPS) is 11.5. The Balaban J connectivity index is 2.07. The van der Waals surface area contributed by atoms with Crippen LogP contribution in [0.4, 0.5) is 0 Å². The van der Waals surface area contributed by atoms with Crippen molar-refractivity contribution < 1.29 is 13.3 Å². The quantitative estimate of drug-likeness (QED) is 0.731. The first-order valence-electron chi connectivity index (χ1n) is 7.14. The lowest BCUT2D eigenvalue weighted by molar-refractivity contribution is 0.404. The van der Waals surface area contributed by atoms with E-state index in [2.05, 4.69) is 26.2 Å². The van der Waals surface area contributed by atoms with Crippen LogP contribution in [-0.4, -0.2) is 17.6 Å². The van der Waals surface area contributed by atoms with Gasteiger partial charge in [0.05, 0.1) is 0 Å². The molecule has 0 aliphatic carbocycles. The molecule has 0 aliphatic heterocycles. The van der Waals surface area contributed by atoms with Gasteiger partial charge >= 0.3 is 8.56 Å². The lowest BCUT2D eigenvalue weighted by Gasteiger charge is -2.26. The van der Waals surface area contributed by atoms with Crippen LogP contribution in [0.3, 0.4) is 0 Å². The Morgan fingerprint density at radius 1 is 0.810 bits per heavy atom. The topological polar surface area (TPSA) is 27.7 Å². The van der Waals surface area contributed by atoms with Gasteiger partial charge in [-0.1, -0.05) is 24.3 Å². The molecule has 2 rings (SSSR count). The highest BCUT2D eigenvalue weighted by molar-refractivity contribution is 6.73. The van der Waals surface area contributed by atoms with Gasteiger partial charge in [0.25, 0.3) is 0 Å². The number of benzene rings is 2. The first-order chi connectivity index (χ1) is 9.94. The maximum Gasteiger partial charge on any atom is 0.382 e. The molecule has 0 amide bonds. The summed E-state index contributed by atoms with van der Waals surface area (Å²) in [5, 5.41) is 0. The lowest BCUT2D eigenvalue weighted by atomic mass is 10.3. The van der Waals surface area contributed by atoms with Gasteiger partial charge in [-0.15, -0.1) is 0 Å². The second-order valence-electron chi connectivity index (χ2n) is 5.56. The van der Waals surface area contributed by atoms with Crippen LogP contribution in [0.5, 0.6) is 17.2 Å². The third kappa shape index (κ3) is 5.37. The molecule has 0 heterocycles. The van der Waals surface area contributed by atoms with Crippen molar-refractivity contribution >= 4 is 17.6 Å². The van der Waals surface area contributed by atoms with E-state index in [-0.39, 0.29) is 0 Å². The number of ether oxygens (including phenoxy) is 1. The molecule has 0 saturated carbocycles. The zero-order chi connectivity index (χ0) is 15.3. The molecule has 0 spiro atoms. The zero-order valence-corrected chi connectivity index (χ0v) is 15.2. The molecule has 5 heteroatoms. The van der Waals surface area contributed by atoms with E-state index in [4.69, 9.17) is 13.3 Å². The fourth-order valence-electron chi connectivity index (χ4n) is 2.10. The average molecular weight is 319 g/mol. The van der Waals surface area contributed by atoms with Crippen molar-refractivity contribution in [3.63, 3.8) is 0 Å². The van der Waals surface area contributed by atoms with Gasteiger partial charge in [-0.2, -0.15) is 0 Å². The Morgan fingerprint density at radius 2 is 1.43 bits per heavy atom. The second kappa shape index (κ2) is 6.93. The van der Waals surface area contributed by atoms with Gasteiger partial charge in [0.2, 0.25) is 0 Å². The van der Waals surface area contributed by atoms with E-state index in [1.807, 2.05) is 54.6 Å². The highest BCUT2D eigenvalue weighted by Crippen LogP contribution is 2.26. The monoisotopic (exact) mass is 318 g/mol. The molecule has 0 atom stereocenters. The highest BCUT2D eigenvalue weighted by Gasteiger charge is 2.27. The predicted octanol–water partition coefficient (Wildman–Crippen LogP) is 4.56. The smallest absolute Gasteiger partial charge is 0.382 e. The fraction of sp³-hybridized carbons (Fsp3) is 0.250. The summed E-state index contributed by atoms with van der Waals surface area (Å²) in [7, 11) is -3.22. The summed E-state index contributed by atoms with van der Waals surface area (Å²) >= 11 is 0. The van der Waals surface area contributed by atoms with E-state index < -0.39 is 17.6 Å². The molecule has 3 nitrogen and oxygen atoms in total. The van der Waals surface area contributed by atoms with Gasteiger partial charge in [-0.25, -0.2) is 0 Å². The van der Waals surface area contributed by atoms with Gasteiger partial charge in [0, 0.05) is 6.07 Å². The minimum Gasteiger partial charge on any atom is -0.521 e. The summed E-state index contributed by atoms with van der Waals surface area (Å²) < 4.78 is 17.9. The molecular weight excluding hydrogens is 296 g/mol. The summed E-state index contributed by atoms with van der Waals surface area (Å²) in [6.07, 6.45) is 0. The van der Waals surface area contributed by atoms with Crippen molar-refractivity contribution in [1.29, 1.82) is 0 Å². The Labute approximate surface area is 129 Å². The van der Waals surface area contributed by atoms with Crippen molar-refractivity contribution in [3.8, 4) is 17.2 Å². The molecule has 112 valence electrons. The SMILES string of the molecule is C[SiH](C)O[Si](C)(C)Oc1cccc(Oc2ccccc2)c1. The molecule has 0 aliphatic rings. The van der Waals surface area contributed by atoms with Gasteiger partial charge in [-0.05, 0) is 50.5 Å². The first kappa shape index (κ1) is 15.8. The molecule has 2 aromatic carbocycles. The Hall–Kier alpha value is -1.57. The Kier molecular flexibility index (Phi) is 5.22. The van der Waals surface area contributed by atoms with E-state index in [1.54, 1.807) is 0 Å². The molecule has 0 N–H and O–H groups in total. The van der Waals surface area contributed by atoms with E-state index in [1.165, 1.54) is 0 Å². The van der Waals surface area contributed by atoms with Crippen molar-refractivity contribution in [1.82, 2.24) is 0 Å². The minimum atomic E-state index is -2.12. The summed E-state index contributed by atoms with van der Waals surface area (Å²) in [5.74, 6) is 2.39. The van der Waals surface area contributed by atoms with Crippen LogP contribution in [0.25, 0.3) is 0 Å². The summed E-state index contributed by atoms with van der Waals surface area (Å²) in [6.45, 7) is 8.47. The maximum atomic E-state index is 6.06. The minimum absolute atomic E-state index is 0.769. The average Bonchev–Trinajstić information content (AvgIpc) is 2.38. The zero-order valence-electron chi connectivity index (χ0n) is 13.0. The summed E-state index contributed by atoms with van der Waals surface area (Å²) in [4.78, 5) is 0. The number of hydrogen-bond donors (Lipinski definition) is 0. The van der Waals surface area contributed by atoms with Crippen LogP contribution in [0.2, 0.25) is 26.2 Å². The number of rotatable bonds is 6. The van der Waals surface area contributed by atoms with Crippen LogP contribution < -0.4 is 9.16 Å². The second-order valence-corrected chi connectivity index (χ2v) is 11.6. The molecule has 21 heavy (non-hydrogen) atoms. The van der Waals surface area contributed by atoms with Crippen molar-refractivity contribution in [2.45, 2.75) is 26.2 Å². The van der Waals surface area contributed by atoms with E-state index in [9.17, 15) is 0 Å². The van der Waals surface area contributed by atoms with Gasteiger partial charge in [-0.3, -0.25) is 0 Å². The van der Waals surface area contributed by atoms with E-state index in [0.29, 0.717) is 0 Å². The van der Waals surface area contributed by atoms with Crippen LogP contribution in [0.15, 0.2) is 54.6 Å². The third-order valence-corrected chi connectivity index (χ3v) is 7.55. The molecule has 0 saturated heterocycles.